The Labute approximate surface area is 208 Å². The number of aromatic nitrogens is 4. The third kappa shape index (κ3) is 5.23. The molecular formula is C24H29ClFN7O2. The van der Waals surface area contributed by atoms with Gasteiger partial charge in [-0.05, 0) is 45.9 Å². The summed E-state index contributed by atoms with van der Waals surface area (Å²) in [5.41, 5.74) is 2.26. The maximum absolute atomic E-state index is 14.6. The molecule has 0 saturated carbocycles. The number of nitrogens with one attached hydrogen (secondary N) is 1. The van der Waals surface area contributed by atoms with Crippen LogP contribution in [0, 0.1) is 12.7 Å². The summed E-state index contributed by atoms with van der Waals surface area (Å²) in [6.07, 6.45) is 1.76. The van der Waals surface area contributed by atoms with Crippen LogP contribution in [0.25, 0.3) is 11.4 Å². The second kappa shape index (κ2) is 10.2. The fraction of sp³-hybridized carbons (Fsp3) is 0.417. The summed E-state index contributed by atoms with van der Waals surface area (Å²) in [4.78, 5) is 28.6. The van der Waals surface area contributed by atoms with E-state index in [2.05, 4.69) is 25.2 Å². The molecule has 2 N–H and O–H groups in total. The zero-order valence-electron chi connectivity index (χ0n) is 20.2. The number of aryl methyl sites for hydroxylation is 1. The third-order valence-corrected chi connectivity index (χ3v) is 6.28. The van der Waals surface area contributed by atoms with Crippen LogP contribution in [0.15, 0.2) is 30.6 Å². The van der Waals surface area contributed by atoms with Crippen molar-refractivity contribution in [2.24, 2.45) is 0 Å². The van der Waals surface area contributed by atoms with E-state index in [9.17, 15) is 14.3 Å². The quantitative estimate of drug-likeness (QED) is 0.530. The van der Waals surface area contributed by atoms with Gasteiger partial charge in [0.05, 0.1) is 28.8 Å². The van der Waals surface area contributed by atoms with E-state index in [1.807, 2.05) is 37.5 Å². The van der Waals surface area contributed by atoms with E-state index in [4.69, 9.17) is 11.6 Å². The fourth-order valence-corrected chi connectivity index (χ4v) is 4.59. The topological polar surface area (TPSA) is 99.4 Å². The van der Waals surface area contributed by atoms with Crippen LogP contribution in [-0.2, 0) is 4.79 Å². The molecule has 3 aromatic rings. The average Bonchev–Trinajstić information content (AvgIpc) is 3.21. The monoisotopic (exact) mass is 501 g/mol. The summed E-state index contributed by atoms with van der Waals surface area (Å²) in [6.45, 7) is 9.60. The van der Waals surface area contributed by atoms with Crippen LogP contribution < -0.4 is 10.2 Å². The summed E-state index contributed by atoms with van der Waals surface area (Å²) < 4.78 is 16.6. The molecule has 0 unspecified atom stereocenters. The van der Waals surface area contributed by atoms with Crippen LogP contribution >= 0.6 is 11.6 Å². The van der Waals surface area contributed by atoms with Gasteiger partial charge in [-0.2, -0.15) is 0 Å². The third-order valence-electron chi connectivity index (χ3n) is 5.98. The molecule has 1 aliphatic rings. The van der Waals surface area contributed by atoms with Gasteiger partial charge < -0.3 is 24.8 Å². The highest BCUT2D eigenvalue weighted by molar-refractivity contribution is 6.33. The predicted molar refractivity (Wildman–Crippen MR) is 134 cm³/mol. The lowest BCUT2D eigenvalue weighted by Crippen LogP contribution is -2.51. The summed E-state index contributed by atoms with van der Waals surface area (Å²) in [7, 11) is 0. The molecule has 9 nitrogen and oxygen atoms in total. The van der Waals surface area contributed by atoms with Crippen LogP contribution in [0.3, 0.4) is 0 Å². The van der Waals surface area contributed by atoms with Gasteiger partial charge in [0, 0.05) is 37.9 Å². The van der Waals surface area contributed by atoms with Gasteiger partial charge in [0.2, 0.25) is 5.95 Å². The zero-order valence-corrected chi connectivity index (χ0v) is 20.9. The number of rotatable bonds is 6. The second-order valence-corrected chi connectivity index (χ2v) is 9.23. The molecule has 0 bridgehead atoms. The maximum Gasteiger partial charge on any atom is 0.251 e. The zero-order chi connectivity index (χ0) is 25.3. The van der Waals surface area contributed by atoms with Crippen molar-refractivity contribution in [3.8, 4) is 11.4 Å². The lowest BCUT2D eigenvalue weighted by Gasteiger charge is -2.37. The molecule has 1 aliphatic heterocycles. The van der Waals surface area contributed by atoms with E-state index in [-0.39, 0.29) is 23.6 Å². The van der Waals surface area contributed by atoms with Crippen molar-refractivity contribution >= 4 is 34.8 Å². The molecule has 1 amide bonds. The SMILES string of the molecule is Cc1ncc(-c2nc(Nc3ccc(N4CCN(C(=O)[C@H](C)O)CC4)c(Cl)c3)ncc2F)n1C(C)C. The molecule has 1 atom stereocenters. The molecule has 0 radical (unpaired) electrons. The Hall–Kier alpha value is -3.24. The number of anilines is 3. The number of hydrogen-bond acceptors (Lipinski definition) is 7. The van der Waals surface area contributed by atoms with E-state index >= 15 is 0 Å². The van der Waals surface area contributed by atoms with E-state index in [0.717, 1.165) is 17.7 Å². The van der Waals surface area contributed by atoms with Gasteiger partial charge in [-0.3, -0.25) is 4.79 Å². The number of hydrogen-bond donors (Lipinski definition) is 2. The number of aliphatic hydroxyl groups excluding tert-OH is 1. The number of nitrogens with zero attached hydrogens (tertiary/aromatic N) is 6. The molecule has 186 valence electrons. The Bertz CT molecular complexity index is 1220. The van der Waals surface area contributed by atoms with E-state index in [0.29, 0.717) is 42.6 Å². The summed E-state index contributed by atoms with van der Waals surface area (Å²) in [5, 5.41) is 13.1. The van der Waals surface area contributed by atoms with E-state index in [1.54, 1.807) is 17.2 Å². The van der Waals surface area contributed by atoms with Crippen molar-refractivity contribution in [2.45, 2.75) is 39.8 Å². The molecule has 1 saturated heterocycles. The first-order valence-electron chi connectivity index (χ1n) is 11.5. The molecule has 0 aliphatic carbocycles. The molecule has 0 spiro atoms. The predicted octanol–water partition coefficient (Wildman–Crippen LogP) is 3.79. The molecule has 1 fully saturated rings. The smallest absolute Gasteiger partial charge is 0.251 e. The average molecular weight is 502 g/mol. The van der Waals surface area contributed by atoms with Crippen molar-refractivity contribution in [1.29, 1.82) is 0 Å². The lowest BCUT2D eigenvalue weighted by molar-refractivity contribution is -0.139. The van der Waals surface area contributed by atoms with Gasteiger partial charge in [0.25, 0.3) is 5.91 Å². The summed E-state index contributed by atoms with van der Waals surface area (Å²) in [5.74, 6) is 0.227. The van der Waals surface area contributed by atoms with E-state index < -0.39 is 11.9 Å². The number of aliphatic hydroxyl groups is 1. The number of piperazine rings is 1. The van der Waals surface area contributed by atoms with Gasteiger partial charge in [-0.25, -0.2) is 19.3 Å². The number of amides is 1. The van der Waals surface area contributed by atoms with Crippen LogP contribution in [0.5, 0.6) is 0 Å². The second-order valence-electron chi connectivity index (χ2n) is 8.82. The molecule has 3 heterocycles. The van der Waals surface area contributed by atoms with Crippen molar-refractivity contribution in [3.63, 3.8) is 0 Å². The molecular weight excluding hydrogens is 473 g/mol. The van der Waals surface area contributed by atoms with Gasteiger partial charge in [0.15, 0.2) is 5.82 Å². The van der Waals surface area contributed by atoms with Crippen molar-refractivity contribution in [3.05, 3.63) is 47.3 Å². The first-order valence-corrected chi connectivity index (χ1v) is 11.9. The minimum Gasteiger partial charge on any atom is -0.384 e. The van der Waals surface area contributed by atoms with Crippen LogP contribution in [0.4, 0.5) is 21.7 Å². The number of imidazole rings is 1. The van der Waals surface area contributed by atoms with Crippen LogP contribution in [0.2, 0.25) is 5.02 Å². The van der Waals surface area contributed by atoms with Gasteiger partial charge in [-0.15, -0.1) is 0 Å². The van der Waals surface area contributed by atoms with Gasteiger partial charge >= 0.3 is 0 Å². The molecule has 1 aromatic carbocycles. The normalized spacial score (nSPS) is 15.0. The lowest BCUT2D eigenvalue weighted by atomic mass is 10.2. The fourth-order valence-electron chi connectivity index (χ4n) is 4.29. The highest BCUT2D eigenvalue weighted by Crippen LogP contribution is 2.31. The summed E-state index contributed by atoms with van der Waals surface area (Å²) >= 11 is 6.57. The molecule has 4 rings (SSSR count). The van der Waals surface area contributed by atoms with Gasteiger partial charge in [-0.1, -0.05) is 11.6 Å². The summed E-state index contributed by atoms with van der Waals surface area (Å²) in [6, 6.07) is 5.60. The van der Waals surface area contributed by atoms with Crippen molar-refractivity contribution < 1.29 is 14.3 Å². The minimum absolute atomic E-state index is 0.0941. The largest absolute Gasteiger partial charge is 0.384 e. The number of carbonyl (C=O) groups excluding carboxylic acids is 1. The van der Waals surface area contributed by atoms with Crippen LogP contribution in [-0.4, -0.2) is 67.7 Å². The number of halogens is 2. The standard InChI is InChI=1S/C24H29ClFN7O2/c1-14(2)33-16(4)27-13-21(33)22-19(26)12-28-24(30-22)29-17-5-6-20(18(25)11-17)31-7-9-32(10-8-31)23(35)15(3)34/h5-6,11-15,34H,7-10H2,1-4H3,(H,28,29,30)/t15-/m0/s1. The molecule has 35 heavy (non-hydrogen) atoms. The molecule has 2 aromatic heterocycles. The van der Waals surface area contributed by atoms with Crippen LogP contribution in [0.1, 0.15) is 32.6 Å². The first kappa shape index (κ1) is 24.9. The van der Waals surface area contributed by atoms with E-state index in [1.165, 1.54) is 6.92 Å². The maximum atomic E-state index is 14.6. The number of benzene rings is 1. The highest BCUT2D eigenvalue weighted by Gasteiger charge is 2.25. The highest BCUT2D eigenvalue weighted by atomic mass is 35.5. The Morgan fingerprint density at radius 1 is 1.14 bits per heavy atom. The Morgan fingerprint density at radius 2 is 1.86 bits per heavy atom. The number of carbonyl (C=O) groups is 1. The minimum atomic E-state index is -1.00. The first-order chi connectivity index (χ1) is 16.7. The van der Waals surface area contributed by atoms with Gasteiger partial charge in [0.1, 0.15) is 17.6 Å². The molecule has 11 heteroatoms. The van der Waals surface area contributed by atoms with Crippen molar-refractivity contribution in [2.75, 3.05) is 36.4 Å². The Morgan fingerprint density at radius 3 is 2.49 bits per heavy atom. The Kier molecular flexibility index (Phi) is 7.23. The van der Waals surface area contributed by atoms with Crippen molar-refractivity contribution in [1.82, 2.24) is 24.4 Å². The Balaban J connectivity index is 1.50.